The molecule has 1 unspecified atom stereocenters. The number of benzene rings is 1. The van der Waals surface area contributed by atoms with Gasteiger partial charge in [0.1, 0.15) is 0 Å². The van der Waals surface area contributed by atoms with Gasteiger partial charge in [-0.05, 0) is 39.9 Å². The molecule has 0 spiro atoms. The van der Waals surface area contributed by atoms with Gasteiger partial charge >= 0.3 is 0 Å². The zero-order valence-corrected chi connectivity index (χ0v) is 14.0. The second-order valence-corrected chi connectivity index (χ2v) is 7.28. The van der Waals surface area contributed by atoms with Crippen molar-refractivity contribution in [1.82, 2.24) is 10.2 Å². The molecule has 1 aliphatic rings. The number of nitrogens with one attached hydrogen (secondary N) is 1. The Morgan fingerprint density at radius 2 is 2.10 bits per heavy atom. The van der Waals surface area contributed by atoms with E-state index in [9.17, 15) is 0 Å². The van der Waals surface area contributed by atoms with E-state index < -0.39 is 0 Å². The van der Waals surface area contributed by atoms with Crippen molar-refractivity contribution in [3.8, 4) is 0 Å². The zero-order valence-electron chi connectivity index (χ0n) is 11.6. The van der Waals surface area contributed by atoms with E-state index in [-0.39, 0.29) is 5.54 Å². The summed E-state index contributed by atoms with van der Waals surface area (Å²) in [5.74, 6) is 0. The van der Waals surface area contributed by atoms with Gasteiger partial charge in [0.05, 0.1) is 5.54 Å². The van der Waals surface area contributed by atoms with E-state index in [1.165, 1.54) is 14.9 Å². The van der Waals surface area contributed by atoms with Gasteiger partial charge in [0, 0.05) is 35.5 Å². The van der Waals surface area contributed by atoms with Crippen LogP contribution in [0.15, 0.2) is 46.3 Å². The smallest absolute Gasteiger partial charge is 0.0561 e. The van der Waals surface area contributed by atoms with Crippen LogP contribution in [0.1, 0.15) is 17.4 Å². The van der Waals surface area contributed by atoms with Crippen LogP contribution in [-0.4, -0.2) is 24.5 Å². The van der Waals surface area contributed by atoms with E-state index in [0.29, 0.717) is 0 Å². The summed E-state index contributed by atoms with van der Waals surface area (Å²) in [5.41, 5.74) is 1.45. The van der Waals surface area contributed by atoms with Gasteiger partial charge < -0.3 is 5.32 Å². The van der Waals surface area contributed by atoms with Crippen molar-refractivity contribution in [2.45, 2.75) is 19.0 Å². The zero-order chi connectivity index (χ0) is 14.0. The van der Waals surface area contributed by atoms with E-state index in [0.717, 1.165) is 26.2 Å². The molecule has 0 radical (unpaired) electrons. The van der Waals surface area contributed by atoms with Crippen molar-refractivity contribution in [3.63, 3.8) is 0 Å². The molecule has 1 aromatic heterocycles. The van der Waals surface area contributed by atoms with E-state index in [1.807, 2.05) is 11.3 Å². The van der Waals surface area contributed by atoms with Crippen LogP contribution in [-0.2, 0) is 12.1 Å². The summed E-state index contributed by atoms with van der Waals surface area (Å²) in [5, 5.41) is 5.70. The second kappa shape index (κ2) is 5.98. The van der Waals surface area contributed by atoms with Crippen LogP contribution in [0.25, 0.3) is 0 Å². The Morgan fingerprint density at radius 3 is 2.80 bits per heavy atom. The molecule has 1 aromatic carbocycles. The molecule has 0 amide bonds. The standard InChI is InChI=1S/C16H19BrN2S/c1-16(13-5-3-2-4-6-13)12-18-8-9-19(16)11-15-14(17)7-10-20-15/h2-7,10,18H,8-9,11-12H2,1H3. The third-order valence-corrected chi connectivity index (χ3v) is 6.06. The maximum absolute atomic E-state index is 3.66. The van der Waals surface area contributed by atoms with E-state index in [1.54, 1.807) is 0 Å². The number of halogens is 1. The Bertz CT molecular complexity index is 569. The molecule has 106 valence electrons. The van der Waals surface area contributed by atoms with Crippen molar-refractivity contribution >= 4 is 27.3 Å². The molecular formula is C16H19BrN2S. The fraction of sp³-hybridized carbons (Fsp3) is 0.375. The minimum Gasteiger partial charge on any atom is -0.313 e. The van der Waals surface area contributed by atoms with Gasteiger partial charge in [0.15, 0.2) is 0 Å². The maximum Gasteiger partial charge on any atom is 0.0561 e. The van der Waals surface area contributed by atoms with E-state index >= 15 is 0 Å². The third-order valence-electron chi connectivity index (χ3n) is 4.15. The number of hydrogen-bond donors (Lipinski definition) is 1. The minimum absolute atomic E-state index is 0.0585. The van der Waals surface area contributed by atoms with Crippen LogP contribution in [0.4, 0.5) is 0 Å². The summed E-state index contributed by atoms with van der Waals surface area (Å²) in [4.78, 5) is 4.00. The average molecular weight is 351 g/mol. The molecule has 0 bridgehead atoms. The number of hydrogen-bond acceptors (Lipinski definition) is 3. The molecular weight excluding hydrogens is 332 g/mol. The highest BCUT2D eigenvalue weighted by Gasteiger charge is 2.36. The van der Waals surface area contributed by atoms with Crippen LogP contribution < -0.4 is 5.32 Å². The highest BCUT2D eigenvalue weighted by Crippen LogP contribution is 2.33. The number of piperazine rings is 1. The molecule has 0 aliphatic carbocycles. The lowest BCUT2D eigenvalue weighted by molar-refractivity contribution is 0.0658. The van der Waals surface area contributed by atoms with Gasteiger partial charge in [-0.3, -0.25) is 4.90 Å². The quantitative estimate of drug-likeness (QED) is 0.904. The van der Waals surface area contributed by atoms with Crippen molar-refractivity contribution < 1.29 is 0 Å². The Kier molecular flexibility index (Phi) is 4.26. The highest BCUT2D eigenvalue weighted by atomic mass is 79.9. The molecule has 20 heavy (non-hydrogen) atoms. The molecule has 0 saturated carbocycles. The summed E-state index contributed by atoms with van der Waals surface area (Å²) >= 11 is 5.49. The summed E-state index contributed by atoms with van der Waals surface area (Å²) in [6, 6.07) is 13.0. The molecule has 2 nitrogen and oxygen atoms in total. The van der Waals surface area contributed by atoms with Gasteiger partial charge in [0.2, 0.25) is 0 Å². The van der Waals surface area contributed by atoms with E-state index in [2.05, 4.69) is 74.8 Å². The fourth-order valence-electron chi connectivity index (χ4n) is 2.85. The summed E-state index contributed by atoms with van der Waals surface area (Å²) < 4.78 is 1.23. The van der Waals surface area contributed by atoms with Crippen molar-refractivity contribution in [3.05, 3.63) is 56.7 Å². The molecule has 1 N–H and O–H groups in total. The first kappa shape index (κ1) is 14.3. The minimum atomic E-state index is 0.0585. The Morgan fingerprint density at radius 1 is 1.30 bits per heavy atom. The number of thiophene rings is 1. The summed E-state index contributed by atoms with van der Waals surface area (Å²) in [6.07, 6.45) is 0. The lowest BCUT2D eigenvalue weighted by atomic mass is 9.88. The Balaban J connectivity index is 1.89. The SMILES string of the molecule is CC1(c2ccccc2)CNCCN1Cc1sccc1Br. The van der Waals surface area contributed by atoms with Crippen LogP contribution >= 0.6 is 27.3 Å². The molecule has 1 aliphatic heterocycles. The topological polar surface area (TPSA) is 15.3 Å². The first-order valence-corrected chi connectivity index (χ1v) is 8.60. The lowest BCUT2D eigenvalue weighted by Gasteiger charge is -2.45. The van der Waals surface area contributed by atoms with Crippen molar-refractivity contribution in [2.75, 3.05) is 19.6 Å². The first-order chi connectivity index (χ1) is 9.70. The maximum atomic E-state index is 3.66. The van der Waals surface area contributed by atoms with Crippen molar-refractivity contribution in [2.24, 2.45) is 0 Å². The van der Waals surface area contributed by atoms with Gasteiger partial charge in [-0.15, -0.1) is 11.3 Å². The van der Waals surface area contributed by atoms with E-state index in [4.69, 9.17) is 0 Å². The fourth-order valence-corrected chi connectivity index (χ4v) is 4.34. The Labute approximate surface area is 132 Å². The predicted molar refractivity (Wildman–Crippen MR) is 89.1 cm³/mol. The average Bonchev–Trinajstić information content (AvgIpc) is 2.88. The third kappa shape index (κ3) is 2.70. The monoisotopic (exact) mass is 350 g/mol. The molecule has 2 heterocycles. The first-order valence-electron chi connectivity index (χ1n) is 6.93. The molecule has 1 fully saturated rings. The molecule has 3 rings (SSSR count). The second-order valence-electron chi connectivity index (χ2n) is 5.43. The van der Waals surface area contributed by atoms with Crippen molar-refractivity contribution in [1.29, 1.82) is 0 Å². The van der Waals surface area contributed by atoms with Gasteiger partial charge in [-0.2, -0.15) is 0 Å². The normalized spacial score (nSPS) is 23.9. The molecule has 1 atom stereocenters. The van der Waals surface area contributed by atoms with Crippen LogP contribution in [0, 0.1) is 0 Å². The van der Waals surface area contributed by atoms with Gasteiger partial charge in [-0.1, -0.05) is 30.3 Å². The lowest BCUT2D eigenvalue weighted by Crippen LogP contribution is -2.56. The van der Waals surface area contributed by atoms with Gasteiger partial charge in [-0.25, -0.2) is 0 Å². The number of nitrogens with zero attached hydrogens (tertiary/aromatic N) is 1. The van der Waals surface area contributed by atoms with Gasteiger partial charge in [0.25, 0.3) is 0 Å². The predicted octanol–water partition coefficient (Wildman–Crippen LogP) is 3.83. The Hall–Kier alpha value is -0.680. The molecule has 1 saturated heterocycles. The van der Waals surface area contributed by atoms with Crippen LogP contribution in [0.5, 0.6) is 0 Å². The largest absolute Gasteiger partial charge is 0.313 e. The summed E-state index contributed by atoms with van der Waals surface area (Å²) in [6.45, 7) is 6.49. The highest BCUT2D eigenvalue weighted by molar-refractivity contribution is 9.10. The summed E-state index contributed by atoms with van der Waals surface area (Å²) in [7, 11) is 0. The van der Waals surface area contributed by atoms with Crippen LogP contribution in [0.3, 0.4) is 0 Å². The molecule has 4 heteroatoms. The van der Waals surface area contributed by atoms with Crippen LogP contribution in [0.2, 0.25) is 0 Å². The molecule has 2 aromatic rings. The number of rotatable bonds is 3.